The zero-order valence-corrected chi connectivity index (χ0v) is 10.6. The second-order valence-corrected chi connectivity index (χ2v) is 4.91. The van der Waals surface area contributed by atoms with E-state index in [4.69, 9.17) is 4.74 Å². The SMILES string of the molecule is CCCCOc1ccc(C(O)C2CCC2)cc1. The molecule has 0 bridgehead atoms. The molecule has 1 aromatic rings. The van der Waals surface area contributed by atoms with Gasteiger partial charge in [-0.25, -0.2) is 0 Å². The lowest BCUT2D eigenvalue weighted by Gasteiger charge is -2.30. The van der Waals surface area contributed by atoms with Crippen LogP contribution >= 0.6 is 0 Å². The molecule has 1 atom stereocenters. The van der Waals surface area contributed by atoms with E-state index < -0.39 is 0 Å². The van der Waals surface area contributed by atoms with Crippen molar-refractivity contribution in [3.63, 3.8) is 0 Å². The molecular weight excluding hydrogens is 212 g/mol. The summed E-state index contributed by atoms with van der Waals surface area (Å²) in [5.41, 5.74) is 1.03. The van der Waals surface area contributed by atoms with E-state index >= 15 is 0 Å². The second-order valence-electron chi connectivity index (χ2n) is 4.91. The first-order valence-corrected chi connectivity index (χ1v) is 6.72. The summed E-state index contributed by atoms with van der Waals surface area (Å²) < 4.78 is 5.60. The Morgan fingerprint density at radius 2 is 2.00 bits per heavy atom. The van der Waals surface area contributed by atoms with Gasteiger partial charge in [0.15, 0.2) is 0 Å². The van der Waals surface area contributed by atoms with Crippen molar-refractivity contribution in [1.82, 2.24) is 0 Å². The van der Waals surface area contributed by atoms with Crippen LogP contribution in [-0.4, -0.2) is 11.7 Å². The number of hydrogen-bond donors (Lipinski definition) is 1. The lowest BCUT2D eigenvalue weighted by molar-refractivity contribution is 0.0620. The molecule has 2 rings (SSSR count). The molecule has 0 radical (unpaired) electrons. The lowest BCUT2D eigenvalue weighted by atomic mass is 9.79. The van der Waals surface area contributed by atoms with Gasteiger partial charge in [-0.05, 0) is 42.9 Å². The molecule has 0 saturated heterocycles. The molecule has 1 aliphatic rings. The molecule has 1 saturated carbocycles. The van der Waals surface area contributed by atoms with Gasteiger partial charge >= 0.3 is 0 Å². The van der Waals surface area contributed by atoms with Crippen LogP contribution in [0.4, 0.5) is 0 Å². The van der Waals surface area contributed by atoms with Gasteiger partial charge < -0.3 is 9.84 Å². The van der Waals surface area contributed by atoms with E-state index in [1.165, 1.54) is 6.42 Å². The smallest absolute Gasteiger partial charge is 0.119 e. The van der Waals surface area contributed by atoms with Crippen molar-refractivity contribution >= 4 is 0 Å². The Balaban J connectivity index is 1.88. The number of hydrogen-bond acceptors (Lipinski definition) is 2. The normalized spacial score (nSPS) is 17.5. The van der Waals surface area contributed by atoms with E-state index in [0.29, 0.717) is 5.92 Å². The standard InChI is InChI=1S/C15H22O2/c1-2-3-11-17-14-9-7-13(8-10-14)15(16)12-5-4-6-12/h7-10,12,15-16H,2-6,11H2,1H3. The molecule has 94 valence electrons. The molecule has 0 aromatic heterocycles. The summed E-state index contributed by atoms with van der Waals surface area (Å²) in [5, 5.41) is 10.1. The van der Waals surface area contributed by atoms with Crippen LogP contribution in [0.25, 0.3) is 0 Å². The van der Waals surface area contributed by atoms with Crippen molar-refractivity contribution in [3.8, 4) is 5.75 Å². The molecule has 0 heterocycles. The Bertz CT molecular complexity index is 327. The highest BCUT2D eigenvalue weighted by molar-refractivity contribution is 5.29. The van der Waals surface area contributed by atoms with Gasteiger partial charge in [-0.3, -0.25) is 0 Å². The zero-order valence-electron chi connectivity index (χ0n) is 10.6. The van der Waals surface area contributed by atoms with E-state index in [1.807, 2.05) is 24.3 Å². The molecular formula is C15H22O2. The van der Waals surface area contributed by atoms with Crippen LogP contribution in [0.3, 0.4) is 0 Å². The van der Waals surface area contributed by atoms with Crippen molar-refractivity contribution in [1.29, 1.82) is 0 Å². The highest BCUT2D eigenvalue weighted by atomic mass is 16.5. The van der Waals surface area contributed by atoms with Gasteiger partial charge in [-0.15, -0.1) is 0 Å². The molecule has 0 aliphatic heterocycles. The van der Waals surface area contributed by atoms with Gasteiger partial charge in [0.2, 0.25) is 0 Å². The summed E-state index contributed by atoms with van der Waals surface area (Å²) in [4.78, 5) is 0. The van der Waals surface area contributed by atoms with Gasteiger partial charge in [-0.1, -0.05) is 31.9 Å². The average molecular weight is 234 g/mol. The molecule has 0 spiro atoms. The minimum atomic E-state index is -0.284. The molecule has 1 aliphatic carbocycles. The fraction of sp³-hybridized carbons (Fsp3) is 0.600. The summed E-state index contributed by atoms with van der Waals surface area (Å²) in [7, 11) is 0. The van der Waals surface area contributed by atoms with Crippen LogP contribution in [0.15, 0.2) is 24.3 Å². The molecule has 0 amide bonds. The third-order valence-corrected chi connectivity index (χ3v) is 3.58. The number of benzene rings is 1. The van der Waals surface area contributed by atoms with Crippen LogP contribution in [-0.2, 0) is 0 Å². The third-order valence-electron chi connectivity index (χ3n) is 3.58. The molecule has 1 aromatic carbocycles. The van der Waals surface area contributed by atoms with Crippen LogP contribution < -0.4 is 4.74 Å². The van der Waals surface area contributed by atoms with Gasteiger partial charge in [0.1, 0.15) is 5.75 Å². The van der Waals surface area contributed by atoms with Crippen molar-refractivity contribution < 1.29 is 9.84 Å². The highest BCUT2D eigenvalue weighted by Crippen LogP contribution is 2.37. The zero-order chi connectivity index (χ0) is 12.1. The van der Waals surface area contributed by atoms with Crippen molar-refractivity contribution in [2.75, 3.05) is 6.61 Å². The number of unbranched alkanes of at least 4 members (excludes halogenated alkanes) is 1. The van der Waals surface area contributed by atoms with Gasteiger partial charge in [-0.2, -0.15) is 0 Å². The molecule has 1 unspecified atom stereocenters. The van der Waals surface area contributed by atoms with Gasteiger partial charge in [0, 0.05) is 0 Å². The number of aliphatic hydroxyl groups is 1. The minimum absolute atomic E-state index is 0.284. The third kappa shape index (κ3) is 3.22. The lowest BCUT2D eigenvalue weighted by Crippen LogP contribution is -2.19. The fourth-order valence-electron chi connectivity index (χ4n) is 2.12. The molecule has 1 fully saturated rings. The summed E-state index contributed by atoms with van der Waals surface area (Å²) >= 11 is 0. The van der Waals surface area contributed by atoms with Crippen LogP contribution in [0, 0.1) is 5.92 Å². The topological polar surface area (TPSA) is 29.5 Å². The van der Waals surface area contributed by atoms with E-state index in [0.717, 1.165) is 43.6 Å². The Kier molecular flexibility index (Phi) is 4.43. The minimum Gasteiger partial charge on any atom is -0.494 e. The predicted octanol–water partition coefficient (Wildman–Crippen LogP) is 3.70. The van der Waals surface area contributed by atoms with Crippen molar-refractivity contribution in [2.24, 2.45) is 5.92 Å². The number of rotatable bonds is 6. The van der Waals surface area contributed by atoms with Gasteiger partial charge in [0.05, 0.1) is 12.7 Å². The van der Waals surface area contributed by atoms with Crippen molar-refractivity contribution in [2.45, 2.75) is 45.1 Å². The van der Waals surface area contributed by atoms with E-state index in [9.17, 15) is 5.11 Å². The quantitative estimate of drug-likeness (QED) is 0.760. The van der Waals surface area contributed by atoms with E-state index in [-0.39, 0.29) is 6.10 Å². The predicted molar refractivity (Wildman–Crippen MR) is 69.1 cm³/mol. The first kappa shape index (κ1) is 12.4. The number of ether oxygens (including phenoxy) is 1. The Labute approximate surface area is 104 Å². The highest BCUT2D eigenvalue weighted by Gasteiger charge is 2.26. The Hall–Kier alpha value is -1.02. The second kappa shape index (κ2) is 6.06. The van der Waals surface area contributed by atoms with Gasteiger partial charge in [0.25, 0.3) is 0 Å². The summed E-state index contributed by atoms with van der Waals surface area (Å²) in [5.74, 6) is 1.38. The van der Waals surface area contributed by atoms with Crippen molar-refractivity contribution in [3.05, 3.63) is 29.8 Å². The van der Waals surface area contributed by atoms with Crippen LogP contribution in [0.1, 0.15) is 50.7 Å². The molecule has 2 nitrogen and oxygen atoms in total. The molecule has 1 N–H and O–H groups in total. The fourth-order valence-corrected chi connectivity index (χ4v) is 2.12. The Morgan fingerprint density at radius 3 is 2.53 bits per heavy atom. The van der Waals surface area contributed by atoms with E-state index in [2.05, 4.69) is 6.92 Å². The first-order chi connectivity index (χ1) is 8.31. The Morgan fingerprint density at radius 1 is 1.29 bits per heavy atom. The summed E-state index contributed by atoms with van der Waals surface area (Å²) in [6.07, 6.45) is 5.55. The average Bonchev–Trinajstić information content (AvgIpc) is 2.28. The van der Waals surface area contributed by atoms with Crippen LogP contribution in [0.5, 0.6) is 5.75 Å². The molecule has 17 heavy (non-hydrogen) atoms. The first-order valence-electron chi connectivity index (χ1n) is 6.72. The maximum absolute atomic E-state index is 10.1. The summed E-state index contributed by atoms with van der Waals surface area (Å²) in [6.45, 7) is 2.93. The largest absolute Gasteiger partial charge is 0.494 e. The van der Waals surface area contributed by atoms with Crippen LogP contribution in [0.2, 0.25) is 0 Å². The monoisotopic (exact) mass is 234 g/mol. The summed E-state index contributed by atoms with van der Waals surface area (Å²) in [6, 6.07) is 7.91. The van der Waals surface area contributed by atoms with E-state index in [1.54, 1.807) is 0 Å². The maximum atomic E-state index is 10.1. The maximum Gasteiger partial charge on any atom is 0.119 e. The molecule has 2 heteroatoms. The number of aliphatic hydroxyl groups excluding tert-OH is 1.